The molecule has 0 fully saturated rings. The Morgan fingerprint density at radius 3 is 2.75 bits per heavy atom. The molecule has 0 saturated heterocycles. The van der Waals surface area contributed by atoms with Gasteiger partial charge in [0, 0.05) is 15.8 Å². The summed E-state index contributed by atoms with van der Waals surface area (Å²) in [5, 5.41) is 0. The average Bonchev–Trinajstić information content (AvgIpc) is 2.03. The van der Waals surface area contributed by atoms with E-state index in [4.69, 9.17) is 0 Å². The van der Waals surface area contributed by atoms with Gasteiger partial charge in [-0.3, -0.25) is 4.79 Å². The molecule has 1 aliphatic rings. The predicted molar refractivity (Wildman–Crippen MR) is 59.5 cm³/mol. The van der Waals surface area contributed by atoms with Gasteiger partial charge >= 0.3 is 0 Å². The molecule has 2 atom stereocenters. The lowest BCUT2D eigenvalue weighted by atomic mass is 9.87. The number of alkyl halides is 1. The highest BCUT2D eigenvalue weighted by Crippen LogP contribution is 2.26. The molecule has 1 rings (SSSR count). The van der Waals surface area contributed by atoms with Crippen molar-refractivity contribution < 1.29 is 4.79 Å². The van der Waals surface area contributed by atoms with E-state index < -0.39 is 0 Å². The number of carbonyl (C=O) groups is 1. The van der Waals surface area contributed by atoms with Crippen LogP contribution in [0, 0.1) is 11.8 Å². The Hall–Kier alpha value is 0.140. The van der Waals surface area contributed by atoms with Crippen LogP contribution in [-0.2, 0) is 4.79 Å². The third-order valence-corrected chi connectivity index (χ3v) is 3.22. The summed E-state index contributed by atoms with van der Waals surface area (Å²) in [5.41, 5.74) is 0. The first-order chi connectivity index (χ1) is 5.61. The van der Waals surface area contributed by atoms with Crippen molar-refractivity contribution in [1.29, 1.82) is 0 Å². The summed E-state index contributed by atoms with van der Waals surface area (Å²) in [4.78, 5) is 11.6. The second kappa shape index (κ2) is 4.40. The SMILES string of the molecule is CC(C)C(=O)C1C=CCC(I)C1. The van der Waals surface area contributed by atoms with Gasteiger partial charge < -0.3 is 0 Å². The summed E-state index contributed by atoms with van der Waals surface area (Å²) in [5.74, 6) is 0.773. The smallest absolute Gasteiger partial charge is 0.142 e. The molecule has 2 heteroatoms. The summed E-state index contributed by atoms with van der Waals surface area (Å²) < 4.78 is 0.653. The number of Topliss-reactive ketones (excluding diaryl/α,β-unsaturated/α-hetero) is 1. The lowest BCUT2D eigenvalue weighted by molar-refractivity contribution is -0.124. The molecule has 1 aliphatic carbocycles. The highest BCUT2D eigenvalue weighted by molar-refractivity contribution is 14.1. The molecule has 68 valence electrons. The van der Waals surface area contributed by atoms with E-state index in [9.17, 15) is 4.79 Å². The van der Waals surface area contributed by atoms with E-state index >= 15 is 0 Å². The number of halogens is 1. The van der Waals surface area contributed by atoms with Crippen LogP contribution in [-0.4, -0.2) is 9.71 Å². The van der Waals surface area contributed by atoms with Crippen LogP contribution in [0.4, 0.5) is 0 Å². The van der Waals surface area contributed by atoms with Crippen LogP contribution < -0.4 is 0 Å². The normalized spacial score (nSPS) is 29.3. The largest absolute Gasteiger partial charge is 0.299 e. The highest BCUT2D eigenvalue weighted by atomic mass is 127. The summed E-state index contributed by atoms with van der Waals surface area (Å²) in [6.45, 7) is 3.96. The van der Waals surface area contributed by atoms with E-state index in [1.165, 1.54) is 0 Å². The Morgan fingerprint density at radius 1 is 1.58 bits per heavy atom. The minimum atomic E-state index is 0.182. The van der Waals surface area contributed by atoms with Crippen LogP contribution in [0.1, 0.15) is 26.7 Å². The predicted octanol–water partition coefficient (Wildman–Crippen LogP) is 2.98. The molecule has 0 radical (unpaired) electrons. The molecule has 0 aromatic rings. The fourth-order valence-electron chi connectivity index (χ4n) is 1.48. The fraction of sp³-hybridized carbons (Fsp3) is 0.700. The van der Waals surface area contributed by atoms with Gasteiger partial charge in [0.2, 0.25) is 0 Å². The quantitative estimate of drug-likeness (QED) is 0.431. The van der Waals surface area contributed by atoms with Gasteiger partial charge in [0.1, 0.15) is 5.78 Å². The molecule has 12 heavy (non-hydrogen) atoms. The van der Waals surface area contributed by atoms with Crippen molar-refractivity contribution in [3.8, 4) is 0 Å². The van der Waals surface area contributed by atoms with Crippen molar-refractivity contribution in [3.05, 3.63) is 12.2 Å². The molecule has 0 heterocycles. The Kier molecular flexibility index (Phi) is 3.75. The Bertz CT molecular complexity index is 196. The lowest BCUT2D eigenvalue weighted by Gasteiger charge is -2.20. The van der Waals surface area contributed by atoms with Crippen molar-refractivity contribution in [2.75, 3.05) is 0 Å². The molecule has 0 saturated carbocycles. The zero-order valence-corrected chi connectivity index (χ0v) is 9.74. The molecule has 2 unspecified atom stereocenters. The summed E-state index contributed by atoms with van der Waals surface area (Å²) in [7, 11) is 0. The maximum Gasteiger partial charge on any atom is 0.142 e. The molecule has 0 aromatic carbocycles. The number of hydrogen-bond acceptors (Lipinski definition) is 1. The van der Waals surface area contributed by atoms with Gasteiger partial charge in [-0.15, -0.1) is 0 Å². The Labute approximate surface area is 87.8 Å². The molecule has 0 aromatic heterocycles. The zero-order chi connectivity index (χ0) is 9.14. The van der Waals surface area contributed by atoms with Gasteiger partial charge in [-0.25, -0.2) is 0 Å². The van der Waals surface area contributed by atoms with Crippen LogP contribution in [0.15, 0.2) is 12.2 Å². The third kappa shape index (κ3) is 2.57. The summed E-state index contributed by atoms with van der Waals surface area (Å²) in [6, 6.07) is 0. The Balaban J connectivity index is 2.58. The molecule has 0 N–H and O–H groups in total. The van der Waals surface area contributed by atoms with Crippen LogP contribution in [0.2, 0.25) is 0 Å². The van der Waals surface area contributed by atoms with Crippen LogP contribution >= 0.6 is 22.6 Å². The van der Waals surface area contributed by atoms with Crippen molar-refractivity contribution in [1.82, 2.24) is 0 Å². The van der Waals surface area contributed by atoms with Gasteiger partial charge in [-0.1, -0.05) is 48.6 Å². The molecule has 0 bridgehead atoms. The van der Waals surface area contributed by atoms with Crippen LogP contribution in [0.5, 0.6) is 0 Å². The second-order valence-electron chi connectivity index (χ2n) is 3.66. The third-order valence-electron chi connectivity index (χ3n) is 2.20. The number of rotatable bonds is 2. The van der Waals surface area contributed by atoms with E-state index in [0.29, 0.717) is 9.71 Å². The maximum atomic E-state index is 11.6. The molecule has 0 aliphatic heterocycles. The maximum absolute atomic E-state index is 11.6. The monoisotopic (exact) mass is 278 g/mol. The number of ketones is 1. The first-order valence-corrected chi connectivity index (χ1v) is 5.70. The van der Waals surface area contributed by atoms with Crippen LogP contribution in [0.3, 0.4) is 0 Å². The topological polar surface area (TPSA) is 17.1 Å². The first-order valence-electron chi connectivity index (χ1n) is 4.45. The highest BCUT2D eigenvalue weighted by Gasteiger charge is 2.23. The van der Waals surface area contributed by atoms with Crippen molar-refractivity contribution >= 4 is 28.4 Å². The van der Waals surface area contributed by atoms with Gasteiger partial charge in [0.15, 0.2) is 0 Å². The second-order valence-corrected chi connectivity index (χ2v) is 5.42. The lowest BCUT2D eigenvalue weighted by Crippen LogP contribution is -2.23. The standard InChI is InChI=1S/C10H15IO/c1-7(2)10(12)8-4-3-5-9(11)6-8/h3-4,7-9H,5-6H2,1-2H3. The summed E-state index contributed by atoms with van der Waals surface area (Å²) >= 11 is 2.43. The molecule has 0 spiro atoms. The van der Waals surface area contributed by atoms with E-state index in [1.54, 1.807) is 0 Å². The molecule has 0 amide bonds. The van der Waals surface area contributed by atoms with Crippen LogP contribution in [0.25, 0.3) is 0 Å². The van der Waals surface area contributed by atoms with Gasteiger partial charge in [-0.05, 0) is 12.8 Å². The molecule has 1 nitrogen and oxygen atoms in total. The fourth-order valence-corrected chi connectivity index (χ4v) is 2.32. The van der Waals surface area contributed by atoms with E-state index in [-0.39, 0.29) is 11.8 Å². The zero-order valence-electron chi connectivity index (χ0n) is 7.59. The molecular weight excluding hydrogens is 263 g/mol. The first kappa shape index (κ1) is 10.2. The molecular formula is C10H15IO. The van der Waals surface area contributed by atoms with Gasteiger partial charge in [0.05, 0.1) is 0 Å². The van der Waals surface area contributed by atoms with E-state index in [1.807, 2.05) is 13.8 Å². The number of carbonyl (C=O) groups excluding carboxylic acids is 1. The van der Waals surface area contributed by atoms with Crippen molar-refractivity contribution in [2.45, 2.75) is 30.6 Å². The van der Waals surface area contributed by atoms with Crippen molar-refractivity contribution in [3.63, 3.8) is 0 Å². The summed E-state index contributed by atoms with van der Waals surface area (Å²) in [6.07, 6.45) is 6.39. The van der Waals surface area contributed by atoms with Gasteiger partial charge in [0.25, 0.3) is 0 Å². The van der Waals surface area contributed by atoms with Gasteiger partial charge in [-0.2, -0.15) is 0 Å². The van der Waals surface area contributed by atoms with E-state index in [2.05, 4.69) is 34.7 Å². The minimum absolute atomic E-state index is 0.182. The van der Waals surface area contributed by atoms with Crippen molar-refractivity contribution in [2.24, 2.45) is 11.8 Å². The number of hydrogen-bond donors (Lipinski definition) is 0. The minimum Gasteiger partial charge on any atom is -0.299 e. The number of allylic oxidation sites excluding steroid dienone is 2. The van der Waals surface area contributed by atoms with E-state index in [0.717, 1.165) is 12.8 Å². The Morgan fingerprint density at radius 2 is 2.25 bits per heavy atom. The average molecular weight is 278 g/mol.